The summed E-state index contributed by atoms with van der Waals surface area (Å²) in [7, 11) is 0. The molecule has 0 spiro atoms. The number of aryl methyl sites for hydroxylation is 1. The van der Waals surface area contributed by atoms with Crippen molar-refractivity contribution in [2.75, 3.05) is 13.1 Å². The minimum Gasteiger partial charge on any atom is -0.298 e. The molecular formula is C21H25N5. The Kier molecular flexibility index (Phi) is 5.07. The Morgan fingerprint density at radius 1 is 1.15 bits per heavy atom. The summed E-state index contributed by atoms with van der Waals surface area (Å²) in [6.45, 7) is 5.31. The molecule has 1 aliphatic heterocycles. The molecule has 1 atom stereocenters. The van der Waals surface area contributed by atoms with Crippen molar-refractivity contribution in [2.24, 2.45) is 0 Å². The van der Waals surface area contributed by atoms with Crippen LogP contribution in [0, 0.1) is 0 Å². The van der Waals surface area contributed by atoms with Crippen LogP contribution in [0.25, 0.3) is 5.82 Å². The van der Waals surface area contributed by atoms with Crippen molar-refractivity contribution in [2.45, 2.75) is 38.6 Å². The number of nitrogens with zero attached hydrogens (tertiary/aromatic N) is 5. The van der Waals surface area contributed by atoms with Gasteiger partial charge in [0, 0.05) is 44.0 Å². The molecule has 1 aromatic carbocycles. The van der Waals surface area contributed by atoms with E-state index < -0.39 is 0 Å². The van der Waals surface area contributed by atoms with Gasteiger partial charge in [0.1, 0.15) is 5.82 Å². The quantitative estimate of drug-likeness (QED) is 0.707. The van der Waals surface area contributed by atoms with Gasteiger partial charge in [-0.25, -0.2) is 9.97 Å². The number of piperidine rings is 1. The van der Waals surface area contributed by atoms with E-state index in [0.29, 0.717) is 5.92 Å². The number of likely N-dealkylation sites (tertiary alicyclic amines) is 1. The van der Waals surface area contributed by atoms with E-state index >= 15 is 0 Å². The van der Waals surface area contributed by atoms with Crippen molar-refractivity contribution in [1.82, 2.24) is 24.4 Å². The monoisotopic (exact) mass is 347 g/mol. The predicted molar refractivity (Wildman–Crippen MR) is 102 cm³/mol. The van der Waals surface area contributed by atoms with E-state index in [1.54, 1.807) is 0 Å². The van der Waals surface area contributed by atoms with E-state index in [-0.39, 0.29) is 0 Å². The molecule has 0 bridgehead atoms. The molecule has 2 aromatic heterocycles. The van der Waals surface area contributed by atoms with Crippen molar-refractivity contribution in [3.8, 4) is 5.82 Å². The number of hydrogen-bond donors (Lipinski definition) is 0. The van der Waals surface area contributed by atoms with Crippen molar-refractivity contribution in [1.29, 1.82) is 0 Å². The van der Waals surface area contributed by atoms with Crippen LogP contribution in [-0.2, 0) is 13.0 Å². The molecule has 0 N–H and O–H groups in total. The van der Waals surface area contributed by atoms with E-state index in [4.69, 9.17) is 4.98 Å². The van der Waals surface area contributed by atoms with Crippen molar-refractivity contribution >= 4 is 0 Å². The van der Waals surface area contributed by atoms with Gasteiger partial charge in [0.2, 0.25) is 0 Å². The first-order chi connectivity index (χ1) is 12.8. The average Bonchev–Trinajstić information content (AvgIpc) is 3.18. The number of aromatic nitrogens is 4. The fraction of sp³-hybridized carbons (Fsp3) is 0.381. The van der Waals surface area contributed by atoms with Crippen LogP contribution in [0.4, 0.5) is 0 Å². The maximum Gasteiger partial charge on any atom is 0.156 e. The summed E-state index contributed by atoms with van der Waals surface area (Å²) in [6.07, 6.45) is 10.8. The van der Waals surface area contributed by atoms with Gasteiger partial charge < -0.3 is 0 Å². The standard InChI is InChI=1S/C21H25N5/c1-2-20-23-10-12-26(20)21-14-22-13-19(24-21)18-9-6-11-25(16-18)15-17-7-4-3-5-8-17/h3-5,7-8,10,12-14,18H,2,6,9,11,15-16H2,1H3/t18-/m0/s1. The van der Waals surface area contributed by atoms with Crippen LogP contribution in [-0.4, -0.2) is 37.5 Å². The summed E-state index contributed by atoms with van der Waals surface area (Å²) in [5, 5.41) is 0. The van der Waals surface area contributed by atoms with Crippen molar-refractivity contribution in [3.63, 3.8) is 0 Å². The predicted octanol–water partition coefficient (Wildman–Crippen LogP) is 3.60. The van der Waals surface area contributed by atoms with Crippen LogP contribution in [0.1, 0.15) is 42.8 Å². The lowest BCUT2D eigenvalue weighted by molar-refractivity contribution is 0.198. The Morgan fingerprint density at radius 2 is 2.04 bits per heavy atom. The largest absolute Gasteiger partial charge is 0.298 e. The fourth-order valence-corrected chi connectivity index (χ4v) is 3.77. The van der Waals surface area contributed by atoms with Gasteiger partial charge in [0.25, 0.3) is 0 Å². The second-order valence-corrected chi connectivity index (χ2v) is 6.93. The molecule has 3 aromatic rings. The Morgan fingerprint density at radius 3 is 2.88 bits per heavy atom. The SMILES string of the molecule is CCc1nccn1-c1cncc([C@H]2CCCN(Cc3ccccc3)C2)n1. The van der Waals surface area contributed by atoms with Gasteiger partial charge in [0.15, 0.2) is 5.82 Å². The average molecular weight is 347 g/mol. The summed E-state index contributed by atoms with van der Waals surface area (Å²) in [5.41, 5.74) is 2.47. The first kappa shape index (κ1) is 16.9. The van der Waals surface area contributed by atoms with Gasteiger partial charge in [-0.15, -0.1) is 0 Å². The van der Waals surface area contributed by atoms with Gasteiger partial charge in [-0.3, -0.25) is 14.5 Å². The highest BCUT2D eigenvalue weighted by atomic mass is 15.1. The lowest BCUT2D eigenvalue weighted by Crippen LogP contribution is -2.34. The normalized spacial score (nSPS) is 18.1. The molecule has 0 aliphatic carbocycles. The summed E-state index contributed by atoms with van der Waals surface area (Å²) in [5.74, 6) is 2.33. The molecule has 4 rings (SSSR count). The van der Waals surface area contributed by atoms with E-state index in [1.807, 2.05) is 29.4 Å². The third-order valence-electron chi connectivity index (χ3n) is 5.09. The highest BCUT2D eigenvalue weighted by Crippen LogP contribution is 2.26. The minimum absolute atomic E-state index is 0.438. The number of benzene rings is 1. The second kappa shape index (κ2) is 7.79. The molecule has 0 amide bonds. The van der Waals surface area contributed by atoms with E-state index in [2.05, 4.69) is 52.1 Å². The zero-order valence-electron chi connectivity index (χ0n) is 15.3. The van der Waals surface area contributed by atoms with Crippen LogP contribution in [0.3, 0.4) is 0 Å². The molecule has 26 heavy (non-hydrogen) atoms. The highest BCUT2D eigenvalue weighted by Gasteiger charge is 2.23. The molecule has 3 heterocycles. The van der Waals surface area contributed by atoms with Gasteiger partial charge in [0.05, 0.1) is 11.9 Å². The lowest BCUT2D eigenvalue weighted by atomic mass is 9.94. The first-order valence-corrected chi connectivity index (χ1v) is 9.44. The number of imidazole rings is 1. The smallest absolute Gasteiger partial charge is 0.156 e. The Bertz CT molecular complexity index is 842. The third-order valence-corrected chi connectivity index (χ3v) is 5.09. The molecule has 134 valence electrons. The molecule has 0 saturated carbocycles. The number of hydrogen-bond acceptors (Lipinski definition) is 4. The molecular weight excluding hydrogens is 322 g/mol. The Labute approximate surface area is 154 Å². The first-order valence-electron chi connectivity index (χ1n) is 9.44. The molecule has 5 heteroatoms. The molecule has 5 nitrogen and oxygen atoms in total. The molecule has 1 saturated heterocycles. The third kappa shape index (κ3) is 3.68. The zero-order chi connectivity index (χ0) is 17.8. The summed E-state index contributed by atoms with van der Waals surface area (Å²) < 4.78 is 2.04. The summed E-state index contributed by atoms with van der Waals surface area (Å²) in [4.78, 5) is 16.3. The maximum atomic E-state index is 4.92. The van der Waals surface area contributed by atoms with Crippen molar-refractivity contribution in [3.05, 3.63) is 72.2 Å². The van der Waals surface area contributed by atoms with Gasteiger partial charge in [-0.2, -0.15) is 0 Å². The van der Waals surface area contributed by atoms with Crippen LogP contribution in [0.5, 0.6) is 0 Å². The topological polar surface area (TPSA) is 46.8 Å². The zero-order valence-corrected chi connectivity index (χ0v) is 15.3. The van der Waals surface area contributed by atoms with Gasteiger partial charge in [-0.05, 0) is 24.9 Å². The second-order valence-electron chi connectivity index (χ2n) is 6.93. The minimum atomic E-state index is 0.438. The van der Waals surface area contributed by atoms with E-state index in [0.717, 1.165) is 43.4 Å². The van der Waals surface area contributed by atoms with Crippen molar-refractivity contribution < 1.29 is 0 Å². The Hall–Kier alpha value is -2.53. The van der Waals surface area contributed by atoms with Gasteiger partial charge >= 0.3 is 0 Å². The summed E-state index contributed by atoms with van der Waals surface area (Å²) >= 11 is 0. The molecule has 1 fully saturated rings. The van der Waals surface area contributed by atoms with E-state index in [9.17, 15) is 0 Å². The van der Waals surface area contributed by atoms with E-state index in [1.165, 1.54) is 18.4 Å². The fourth-order valence-electron chi connectivity index (χ4n) is 3.77. The van der Waals surface area contributed by atoms with Crippen LogP contribution < -0.4 is 0 Å². The number of rotatable bonds is 5. The van der Waals surface area contributed by atoms with Crippen LogP contribution in [0.2, 0.25) is 0 Å². The van der Waals surface area contributed by atoms with Crippen LogP contribution >= 0.6 is 0 Å². The molecule has 0 radical (unpaired) electrons. The molecule has 1 aliphatic rings. The molecule has 0 unspecified atom stereocenters. The summed E-state index contributed by atoms with van der Waals surface area (Å²) in [6, 6.07) is 10.7. The van der Waals surface area contributed by atoms with Gasteiger partial charge in [-0.1, -0.05) is 37.3 Å². The Balaban J connectivity index is 1.51. The lowest BCUT2D eigenvalue weighted by Gasteiger charge is -2.32. The maximum absolute atomic E-state index is 4.92. The van der Waals surface area contributed by atoms with Crippen LogP contribution in [0.15, 0.2) is 55.1 Å². The highest BCUT2D eigenvalue weighted by molar-refractivity contribution is 5.24.